The van der Waals surface area contributed by atoms with Crippen LogP contribution in [0.25, 0.3) is 0 Å². The van der Waals surface area contributed by atoms with Crippen molar-refractivity contribution in [2.24, 2.45) is 0 Å². The third-order valence-electron chi connectivity index (χ3n) is 2.86. The third-order valence-corrected chi connectivity index (χ3v) is 3.11. The van der Waals surface area contributed by atoms with E-state index in [9.17, 15) is 9.90 Å². The Labute approximate surface area is 111 Å². The monoisotopic (exact) mass is 260 g/mol. The Bertz CT molecular complexity index is 577. The van der Waals surface area contributed by atoms with Crippen molar-refractivity contribution in [2.45, 2.75) is 13.8 Å². The van der Waals surface area contributed by atoms with Crippen LogP contribution in [0.1, 0.15) is 27.0 Å². The lowest BCUT2D eigenvalue weighted by atomic mass is 9.99. The van der Waals surface area contributed by atoms with Crippen LogP contribution in [0.15, 0.2) is 36.4 Å². The smallest absolute Gasteiger partial charge is 0.193 e. The molecule has 0 aliphatic carbocycles. The predicted octanol–water partition coefficient (Wildman–Crippen LogP) is 3.89. The zero-order valence-electron chi connectivity index (χ0n) is 10.2. The number of halogens is 1. The molecular weight excluding hydrogens is 248 g/mol. The van der Waals surface area contributed by atoms with Gasteiger partial charge in [-0.1, -0.05) is 11.6 Å². The summed E-state index contributed by atoms with van der Waals surface area (Å²) in [6.45, 7) is 3.56. The molecule has 0 aliphatic heterocycles. The van der Waals surface area contributed by atoms with E-state index in [2.05, 4.69) is 0 Å². The molecule has 0 bridgehead atoms. The van der Waals surface area contributed by atoms with E-state index in [-0.39, 0.29) is 11.5 Å². The van der Waals surface area contributed by atoms with Gasteiger partial charge in [0.15, 0.2) is 5.78 Å². The Morgan fingerprint density at radius 3 is 2.00 bits per heavy atom. The second-order valence-corrected chi connectivity index (χ2v) is 4.73. The first-order valence-electron chi connectivity index (χ1n) is 5.59. The van der Waals surface area contributed by atoms with Crippen LogP contribution in [0.4, 0.5) is 0 Å². The zero-order chi connectivity index (χ0) is 13.3. The molecule has 0 spiro atoms. The fourth-order valence-corrected chi connectivity index (χ4v) is 1.98. The average Bonchev–Trinajstić information content (AvgIpc) is 2.35. The topological polar surface area (TPSA) is 37.3 Å². The van der Waals surface area contributed by atoms with Gasteiger partial charge in [-0.25, -0.2) is 0 Å². The number of rotatable bonds is 2. The summed E-state index contributed by atoms with van der Waals surface area (Å²) in [6, 6.07) is 10.2. The quantitative estimate of drug-likeness (QED) is 0.832. The summed E-state index contributed by atoms with van der Waals surface area (Å²) < 4.78 is 0. The molecule has 0 atom stereocenters. The van der Waals surface area contributed by atoms with Crippen LogP contribution in [0.2, 0.25) is 5.02 Å². The molecular formula is C15H13ClO2. The SMILES string of the molecule is Cc1cc(C(=O)c2ccc(Cl)cc2)cc(C)c1O. The summed E-state index contributed by atoms with van der Waals surface area (Å²) in [5, 5.41) is 10.3. The molecule has 2 rings (SSSR count). The molecule has 0 aromatic heterocycles. The van der Waals surface area contributed by atoms with E-state index in [1.807, 2.05) is 0 Å². The molecule has 1 N–H and O–H groups in total. The van der Waals surface area contributed by atoms with Crippen molar-refractivity contribution in [3.8, 4) is 5.75 Å². The number of aryl methyl sites for hydroxylation is 2. The molecule has 2 aromatic carbocycles. The third kappa shape index (κ3) is 2.39. The summed E-state index contributed by atoms with van der Waals surface area (Å²) >= 11 is 5.79. The van der Waals surface area contributed by atoms with Crippen molar-refractivity contribution >= 4 is 17.4 Å². The lowest BCUT2D eigenvalue weighted by Gasteiger charge is -2.07. The Morgan fingerprint density at radius 1 is 1.00 bits per heavy atom. The van der Waals surface area contributed by atoms with E-state index in [0.717, 1.165) is 0 Å². The van der Waals surface area contributed by atoms with Crippen LogP contribution < -0.4 is 0 Å². The Morgan fingerprint density at radius 2 is 1.50 bits per heavy atom. The highest BCUT2D eigenvalue weighted by molar-refractivity contribution is 6.30. The van der Waals surface area contributed by atoms with Crippen LogP contribution in [0.3, 0.4) is 0 Å². The lowest BCUT2D eigenvalue weighted by Crippen LogP contribution is -2.02. The van der Waals surface area contributed by atoms with Crippen molar-refractivity contribution < 1.29 is 9.90 Å². The number of phenols is 1. The van der Waals surface area contributed by atoms with Gasteiger partial charge in [0.1, 0.15) is 5.75 Å². The number of aromatic hydroxyl groups is 1. The van der Waals surface area contributed by atoms with Crippen molar-refractivity contribution in [3.05, 3.63) is 63.7 Å². The highest BCUT2D eigenvalue weighted by Gasteiger charge is 2.12. The van der Waals surface area contributed by atoms with Crippen molar-refractivity contribution in [1.29, 1.82) is 0 Å². The second kappa shape index (κ2) is 4.83. The summed E-state index contributed by atoms with van der Waals surface area (Å²) in [5.74, 6) is 0.167. The molecule has 0 saturated heterocycles. The minimum Gasteiger partial charge on any atom is -0.507 e. The molecule has 2 nitrogen and oxygen atoms in total. The van der Waals surface area contributed by atoms with Crippen LogP contribution in [0, 0.1) is 13.8 Å². The first-order valence-corrected chi connectivity index (χ1v) is 5.97. The molecule has 18 heavy (non-hydrogen) atoms. The number of hydrogen-bond donors (Lipinski definition) is 1. The van der Waals surface area contributed by atoms with E-state index >= 15 is 0 Å². The van der Waals surface area contributed by atoms with E-state index in [0.29, 0.717) is 27.3 Å². The number of benzene rings is 2. The fourth-order valence-electron chi connectivity index (χ4n) is 1.85. The number of hydrogen-bond acceptors (Lipinski definition) is 2. The average molecular weight is 261 g/mol. The molecule has 92 valence electrons. The Kier molecular flexibility index (Phi) is 3.39. The van der Waals surface area contributed by atoms with Crippen molar-refractivity contribution in [1.82, 2.24) is 0 Å². The first kappa shape index (κ1) is 12.7. The maximum Gasteiger partial charge on any atom is 0.193 e. The highest BCUT2D eigenvalue weighted by atomic mass is 35.5. The molecule has 2 aromatic rings. The second-order valence-electron chi connectivity index (χ2n) is 4.29. The molecule has 0 fully saturated rings. The van der Waals surface area contributed by atoms with E-state index in [4.69, 9.17) is 11.6 Å². The maximum atomic E-state index is 12.2. The Hall–Kier alpha value is -1.80. The number of carbonyl (C=O) groups is 1. The molecule has 3 heteroatoms. The van der Waals surface area contributed by atoms with Crippen molar-refractivity contribution in [2.75, 3.05) is 0 Å². The molecule has 0 aliphatic rings. The largest absolute Gasteiger partial charge is 0.507 e. The lowest BCUT2D eigenvalue weighted by molar-refractivity contribution is 0.103. The number of phenolic OH excluding ortho intramolecular Hbond substituents is 1. The highest BCUT2D eigenvalue weighted by Crippen LogP contribution is 2.24. The minimum absolute atomic E-state index is 0.0714. The van der Waals surface area contributed by atoms with Gasteiger partial charge in [-0.15, -0.1) is 0 Å². The molecule has 0 amide bonds. The maximum absolute atomic E-state index is 12.2. The zero-order valence-corrected chi connectivity index (χ0v) is 11.0. The van der Waals surface area contributed by atoms with E-state index < -0.39 is 0 Å². The van der Waals surface area contributed by atoms with Crippen LogP contribution in [-0.2, 0) is 0 Å². The summed E-state index contributed by atoms with van der Waals surface area (Å²) in [6.07, 6.45) is 0. The van der Waals surface area contributed by atoms with Gasteiger partial charge in [-0.2, -0.15) is 0 Å². The summed E-state index contributed by atoms with van der Waals surface area (Å²) in [5.41, 5.74) is 2.56. The normalized spacial score (nSPS) is 10.4. The van der Waals surface area contributed by atoms with Gasteiger partial charge in [0.2, 0.25) is 0 Å². The van der Waals surface area contributed by atoms with E-state index in [1.165, 1.54) is 0 Å². The van der Waals surface area contributed by atoms with Gasteiger partial charge < -0.3 is 5.11 Å². The predicted molar refractivity (Wildman–Crippen MR) is 72.5 cm³/mol. The van der Waals surface area contributed by atoms with Crippen LogP contribution >= 0.6 is 11.6 Å². The van der Waals surface area contributed by atoms with Gasteiger partial charge in [-0.3, -0.25) is 4.79 Å². The summed E-state index contributed by atoms with van der Waals surface area (Å²) in [7, 11) is 0. The van der Waals surface area contributed by atoms with Gasteiger partial charge in [0, 0.05) is 16.1 Å². The van der Waals surface area contributed by atoms with Gasteiger partial charge in [0.05, 0.1) is 0 Å². The van der Waals surface area contributed by atoms with Crippen LogP contribution in [-0.4, -0.2) is 10.9 Å². The standard InChI is InChI=1S/C15H13ClO2/c1-9-7-12(8-10(2)14(9)17)15(18)11-3-5-13(16)6-4-11/h3-8,17H,1-2H3. The van der Waals surface area contributed by atoms with Crippen LogP contribution in [0.5, 0.6) is 5.75 Å². The molecule has 0 unspecified atom stereocenters. The first-order chi connectivity index (χ1) is 8.49. The van der Waals surface area contributed by atoms with Gasteiger partial charge in [0.25, 0.3) is 0 Å². The van der Waals surface area contributed by atoms with Gasteiger partial charge in [-0.05, 0) is 61.4 Å². The fraction of sp³-hybridized carbons (Fsp3) is 0.133. The molecule has 0 saturated carbocycles. The number of carbonyl (C=O) groups excluding carboxylic acids is 1. The van der Waals surface area contributed by atoms with Crippen molar-refractivity contribution in [3.63, 3.8) is 0 Å². The van der Waals surface area contributed by atoms with Gasteiger partial charge >= 0.3 is 0 Å². The Balaban J connectivity index is 2.43. The van der Waals surface area contributed by atoms with E-state index in [1.54, 1.807) is 50.2 Å². The summed E-state index contributed by atoms with van der Waals surface area (Å²) in [4.78, 5) is 12.2. The molecule has 0 heterocycles. The molecule has 0 radical (unpaired) electrons. The minimum atomic E-state index is -0.0714. The number of ketones is 1.